The summed E-state index contributed by atoms with van der Waals surface area (Å²) < 4.78 is 10.3. The Hall–Kier alpha value is -1.79. The van der Waals surface area contributed by atoms with Gasteiger partial charge in [-0.3, -0.25) is 4.79 Å². The number of aryl methyl sites for hydroxylation is 2. The number of thioether (sulfide) groups is 1. The maximum atomic E-state index is 12.0. The van der Waals surface area contributed by atoms with E-state index in [4.69, 9.17) is 9.26 Å². The van der Waals surface area contributed by atoms with Crippen molar-refractivity contribution in [2.24, 2.45) is 0 Å². The van der Waals surface area contributed by atoms with Crippen molar-refractivity contribution in [3.63, 3.8) is 0 Å². The summed E-state index contributed by atoms with van der Waals surface area (Å²) >= 11 is 1.56. The van der Waals surface area contributed by atoms with Gasteiger partial charge in [0, 0.05) is 25.0 Å². The van der Waals surface area contributed by atoms with Gasteiger partial charge in [0.2, 0.25) is 5.91 Å². The predicted molar refractivity (Wildman–Crippen MR) is 91.1 cm³/mol. The first-order valence-corrected chi connectivity index (χ1v) is 8.59. The van der Waals surface area contributed by atoms with Gasteiger partial charge in [-0.15, -0.1) is 11.8 Å². The minimum absolute atomic E-state index is 0.0222. The van der Waals surface area contributed by atoms with Crippen LogP contribution in [0, 0.1) is 13.8 Å². The van der Waals surface area contributed by atoms with Gasteiger partial charge >= 0.3 is 0 Å². The standard InChI is InChI=1S/C17H22N2O3S/c1-12-16(13(2)22-19-12)10-23-11-17(20)18-8-14-6-4-5-7-15(14)9-21-3/h4-7H,8-11H2,1-3H3,(H,18,20). The van der Waals surface area contributed by atoms with Crippen molar-refractivity contribution in [3.05, 3.63) is 52.4 Å². The van der Waals surface area contributed by atoms with Gasteiger partial charge < -0.3 is 14.6 Å². The van der Waals surface area contributed by atoms with E-state index in [1.54, 1.807) is 18.9 Å². The number of aromatic nitrogens is 1. The van der Waals surface area contributed by atoms with Crippen molar-refractivity contribution in [2.45, 2.75) is 32.8 Å². The van der Waals surface area contributed by atoms with Crippen molar-refractivity contribution in [1.29, 1.82) is 0 Å². The van der Waals surface area contributed by atoms with Crippen LogP contribution in [0.3, 0.4) is 0 Å². The maximum Gasteiger partial charge on any atom is 0.230 e. The van der Waals surface area contributed by atoms with Gasteiger partial charge in [0.1, 0.15) is 5.76 Å². The van der Waals surface area contributed by atoms with Crippen molar-refractivity contribution in [2.75, 3.05) is 12.9 Å². The average Bonchev–Trinajstić information content (AvgIpc) is 2.86. The van der Waals surface area contributed by atoms with Crippen LogP contribution in [0.1, 0.15) is 28.1 Å². The summed E-state index contributed by atoms with van der Waals surface area (Å²) in [6, 6.07) is 7.95. The number of rotatable bonds is 8. The monoisotopic (exact) mass is 334 g/mol. The molecule has 0 unspecified atom stereocenters. The van der Waals surface area contributed by atoms with E-state index in [2.05, 4.69) is 10.5 Å². The SMILES string of the molecule is COCc1ccccc1CNC(=O)CSCc1c(C)noc1C. The molecular formula is C17H22N2O3S. The van der Waals surface area contributed by atoms with Gasteiger partial charge in [0.25, 0.3) is 0 Å². The number of nitrogens with one attached hydrogen (secondary N) is 1. The number of hydrogen-bond acceptors (Lipinski definition) is 5. The van der Waals surface area contributed by atoms with E-state index in [1.807, 2.05) is 38.1 Å². The van der Waals surface area contributed by atoms with Crippen LogP contribution in [0.2, 0.25) is 0 Å². The number of nitrogens with zero attached hydrogens (tertiary/aromatic N) is 1. The lowest BCUT2D eigenvalue weighted by Crippen LogP contribution is -2.25. The Morgan fingerprint density at radius 2 is 2.04 bits per heavy atom. The fraction of sp³-hybridized carbons (Fsp3) is 0.412. The molecule has 0 saturated carbocycles. The van der Waals surface area contributed by atoms with Crippen molar-refractivity contribution >= 4 is 17.7 Å². The second kappa shape index (κ2) is 8.74. The van der Waals surface area contributed by atoms with Crippen molar-refractivity contribution in [3.8, 4) is 0 Å². The first kappa shape index (κ1) is 17.6. The molecule has 23 heavy (non-hydrogen) atoms. The Labute approximate surface area is 140 Å². The van der Waals surface area contributed by atoms with Crippen molar-refractivity contribution in [1.82, 2.24) is 10.5 Å². The van der Waals surface area contributed by atoms with Gasteiger partial charge in [-0.05, 0) is 25.0 Å². The molecule has 0 fully saturated rings. The van der Waals surface area contributed by atoms with E-state index in [-0.39, 0.29) is 5.91 Å². The summed E-state index contributed by atoms with van der Waals surface area (Å²) in [5.41, 5.74) is 4.15. The highest BCUT2D eigenvalue weighted by Crippen LogP contribution is 2.19. The van der Waals surface area contributed by atoms with E-state index in [1.165, 1.54) is 0 Å². The Balaban J connectivity index is 1.77. The van der Waals surface area contributed by atoms with Crippen LogP contribution in [-0.4, -0.2) is 23.9 Å². The largest absolute Gasteiger partial charge is 0.380 e. The average molecular weight is 334 g/mol. The molecule has 2 aromatic rings. The van der Waals surface area contributed by atoms with Crippen LogP contribution in [0.4, 0.5) is 0 Å². The molecule has 0 bridgehead atoms. The normalized spacial score (nSPS) is 10.7. The third-order valence-corrected chi connectivity index (χ3v) is 4.51. The predicted octanol–water partition coefficient (Wildman–Crippen LogP) is 2.99. The Morgan fingerprint density at radius 1 is 1.30 bits per heavy atom. The minimum atomic E-state index is 0.0222. The molecule has 1 amide bonds. The first-order chi connectivity index (χ1) is 11.1. The highest BCUT2D eigenvalue weighted by molar-refractivity contribution is 7.99. The zero-order chi connectivity index (χ0) is 16.7. The smallest absolute Gasteiger partial charge is 0.230 e. The maximum absolute atomic E-state index is 12.0. The topological polar surface area (TPSA) is 64.4 Å². The molecule has 0 aliphatic rings. The molecule has 1 N–H and O–H groups in total. The molecular weight excluding hydrogens is 312 g/mol. The van der Waals surface area contributed by atoms with Gasteiger partial charge in [-0.1, -0.05) is 29.4 Å². The zero-order valence-electron chi connectivity index (χ0n) is 13.7. The van der Waals surface area contributed by atoms with Gasteiger partial charge in [-0.25, -0.2) is 0 Å². The van der Waals surface area contributed by atoms with Gasteiger partial charge in [0.05, 0.1) is 18.1 Å². The van der Waals surface area contributed by atoms with E-state index in [9.17, 15) is 4.79 Å². The molecule has 1 heterocycles. The van der Waals surface area contributed by atoms with Crippen LogP contribution in [-0.2, 0) is 28.4 Å². The lowest BCUT2D eigenvalue weighted by atomic mass is 10.1. The number of hydrogen-bond donors (Lipinski definition) is 1. The summed E-state index contributed by atoms with van der Waals surface area (Å²) in [4.78, 5) is 12.0. The summed E-state index contributed by atoms with van der Waals surface area (Å²) in [5.74, 6) is 1.99. The quantitative estimate of drug-likeness (QED) is 0.804. The number of carbonyl (C=O) groups is 1. The van der Waals surface area contributed by atoms with E-state index >= 15 is 0 Å². The molecule has 0 aliphatic carbocycles. The van der Waals surface area contributed by atoms with Crippen LogP contribution >= 0.6 is 11.8 Å². The highest BCUT2D eigenvalue weighted by atomic mass is 32.2. The Kier molecular flexibility index (Phi) is 6.67. The van der Waals surface area contributed by atoms with Gasteiger partial charge in [0.15, 0.2) is 0 Å². The van der Waals surface area contributed by atoms with E-state index < -0.39 is 0 Å². The lowest BCUT2D eigenvalue weighted by Gasteiger charge is -2.10. The molecule has 0 saturated heterocycles. The molecule has 0 radical (unpaired) electrons. The zero-order valence-corrected chi connectivity index (χ0v) is 14.5. The number of ether oxygens (including phenoxy) is 1. The fourth-order valence-corrected chi connectivity index (χ4v) is 3.23. The summed E-state index contributed by atoms with van der Waals surface area (Å²) in [5, 5.41) is 6.87. The van der Waals surface area contributed by atoms with Gasteiger partial charge in [-0.2, -0.15) is 0 Å². The molecule has 6 heteroatoms. The van der Waals surface area contributed by atoms with Crippen molar-refractivity contribution < 1.29 is 14.1 Å². The third-order valence-electron chi connectivity index (χ3n) is 3.56. The Morgan fingerprint density at radius 3 is 2.70 bits per heavy atom. The second-order valence-electron chi connectivity index (χ2n) is 5.27. The lowest BCUT2D eigenvalue weighted by molar-refractivity contribution is -0.118. The molecule has 0 aliphatic heterocycles. The van der Waals surface area contributed by atoms with E-state index in [0.717, 1.165) is 33.9 Å². The minimum Gasteiger partial charge on any atom is -0.380 e. The third kappa shape index (κ3) is 5.11. The van der Waals surface area contributed by atoms with Crippen LogP contribution < -0.4 is 5.32 Å². The number of benzene rings is 1. The molecule has 0 atom stereocenters. The highest BCUT2D eigenvalue weighted by Gasteiger charge is 2.10. The first-order valence-electron chi connectivity index (χ1n) is 7.43. The van der Waals surface area contributed by atoms with E-state index in [0.29, 0.717) is 18.9 Å². The molecule has 2 rings (SSSR count). The molecule has 1 aromatic heterocycles. The molecule has 124 valence electrons. The number of amides is 1. The summed E-state index contributed by atoms with van der Waals surface area (Å²) in [7, 11) is 1.67. The number of methoxy groups -OCH3 is 1. The number of carbonyl (C=O) groups excluding carboxylic acids is 1. The molecule has 1 aromatic carbocycles. The fourth-order valence-electron chi connectivity index (χ4n) is 2.22. The molecule has 0 spiro atoms. The van der Waals surface area contributed by atoms with Crippen LogP contribution in [0.15, 0.2) is 28.8 Å². The summed E-state index contributed by atoms with van der Waals surface area (Å²) in [6.45, 7) is 4.87. The second-order valence-corrected chi connectivity index (χ2v) is 6.26. The van der Waals surface area contributed by atoms with Crippen LogP contribution in [0.5, 0.6) is 0 Å². The molecule has 5 nitrogen and oxygen atoms in total. The Bertz CT molecular complexity index is 636. The summed E-state index contributed by atoms with van der Waals surface area (Å²) in [6.07, 6.45) is 0. The van der Waals surface area contributed by atoms with Crippen LogP contribution in [0.25, 0.3) is 0 Å².